The Morgan fingerprint density at radius 2 is 1.73 bits per heavy atom. The number of anilines is 1. The Labute approximate surface area is 187 Å². The third-order valence-electron chi connectivity index (χ3n) is 4.04. The van der Waals surface area contributed by atoms with Gasteiger partial charge in [-0.1, -0.05) is 0 Å². The van der Waals surface area contributed by atoms with Crippen LogP contribution in [-0.2, 0) is 9.59 Å². The van der Waals surface area contributed by atoms with Gasteiger partial charge in [-0.15, -0.1) is 0 Å². The maximum Gasteiger partial charge on any atom is 0.335 e. The van der Waals surface area contributed by atoms with Crippen molar-refractivity contribution in [3.05, 3.63) is 66.6 Å². The van der Waals surface area contributed by atoms with Gasteiger partial charge in [0.25, 0.3) is 17.5 Å². The van der Waals surface area contributed by atoms with E-state index in [9.17, 15) is 24.5 Å². The lowest BCUT2D eigenvalue weighted by atomic mass is 10.1. The first-order valence-electron chi connectivity index (χ1n) is 8.50. The van der Waals surface area contributed by atoms with Gasteiger partial charge in [0.1, 0.15) is 11.3 Å². The van der Waals surface area contributed by atoms with Crippen molar-refractivity contribution in [2.24, 2.45) is 0 Å². The van der Waals surface area contributed by atoms with E-state index in [1.807, 2.05) is 6.92 Å². The molecule has 1 N–H and O–H groups in total. The summed E-state index contributed by atoms with van der Waals surface area (Å²) in [6, 6.07) is 7.23. The van der Waals surface area contributed by atoms with Gasteiger partial charge >= 0.3 is 6.03 Å². The number of rotatable bonds is 5. The molecule has 0 spiro atoms. The van der Waals surface area contributed by atoms with Crippen LogP contribution in [-0.4, -0.2) is 29.4 Å². The summed E-state index contributed by atoms with van der Waals surface area (Å²) in [5.41, 5.74) is 0.139. The van der Waals surface area contributed by atoms with Crippen LogP contribution >= 0.6 is 31.9 Å². The summed E-state index contributed by atoms with van der Waals surface area (Å²) >= 11 is 6.76. The third-order valence-corrected chi connectivity index (χ3v) is 5.22. The molecule has 0 aliphatic carbocycles. The van der Waals surface area contributed by atoms with Crippen molar-refractivity contribution < 1.29 is 24.0 Å². The summed E-state index contributed by atoms with van der Waals surface area (Å²) in [5, 5.41) is 12.9. The summed E-state index contributed by atoms with van der Waals surface area (Å²) in [4.78, 5) is 48.4. The topological polar surface area (TPSA) is 119 Å². The minimum absolute atomic E-state index is 0.0931. The highest BCUT2D eigenvalue weighted by atomic mass is 79.9. The second-order valence-corrected chi connectivity index (χ2v) is 7.69. The number of nitro benzene ring substituents is 1. The number of hydrogen-bond donors (Lipinski definition) is 1. The van der Waals surface area contributed by atoms with Crippen molar-refractivity contribution in [2.75, 3.05) is 11.5 Å². The fourth-order valence-electron chi connectivity index (χ4n) is 2.73. The molecule has 2 aromatic rings. The van der Waals surface area contributed by atoms with Crippen LogP contribution < -0.4 is 15.0 Å². The zero-order valence-electron chi connectivity index (χ0n) is 15.3. The summed E-state index contributed by atoms with van der Waals surface area (Å²) in [7, 11) is 0. The Kier molecular flexibility index (Phi) is 6.32. The maximum atomic E-state index is 12.9. The highest BCUT2D eigenvalue weighted by molar-refractivity contribution is 9.11. The van der Waals surface area contributed by atoms with Crippen LogP contribution in [0.3, 0.4) is 0 Å². The molecule has 2 aromatic carbocycles. The number of carbonyl (C=O) groups excluding carboxylic acids is 3. The standard InChI is InChI=1S/C19H13Br2N3O6/c1-2-30-16-14(20)8-10(9-15(16)21)7-13-17(25)22-19(27)23(18(13)26)11-3-5-12(6-4-11)24(28)29/h3-9H,2H2,1H3,(H,22,25,27)/b13-7+. The first kappa shape index (κ1) is 21.7. The summed E-state index contributed by atoms with van der Waals surface area (Å²) in [6.45, 7) is 2.29. The first-order chi connectivity index (χ1) is 14.2. The SMILES string of the molecule is CCOc1c(Br)cc(/C=C2\C(=O)NC(=O)N(c3ccc([N+](=O)[O-])cc3)C2=O)cc1Br. The molecule has 0 atom stereocenters. The van der Waals surface area contributed by atoms with Crippen LogP contribution in [0, 0.1) is 10.1 Å². The van der Waals surface area contributed by atoms with E-state index in [-0.39, 0.29) is 16.9 Å². The van der Waals surface area contributed by atoms with Gasteiger partial charge in [-0.05, 0) is 74.7 Å². The molecule has 1 aliphatic rings. The molecule has 11 heteroatoms. The molecule has 4 amide bonds. The van der Waals surface area contributed by atoms with Crippen LogP contribution in [0.15, 0.2) is 50.9 Å². The van der Waals surface area contributed by atoms with E-state index in [0.717, 1.165) is 17.0 Å². The Morgan fingerprint density at radius 3 is 2.27 bits per heavy atom. The van der Waals surface area contributed by atoms with Crippen LogP contribution in [0.2, 0.25) is 0 Å². The molecule has 3 rings (SSSR count). The largest absolute Gasteiger partial charge is 0.492 e. The predicted molar refractivity (Wildman–Crippen MR) is 115 cm³/mol. The number of non-ortho nitro benzene ring substituents is 1. The van der Waals surface area contributed by atoms with Gasteiger partial charge in [-0.25, -0.2) is 9.69 Å². The predicted octanol–water partition coefficient (Wildman–Crippen LogP) is 4.18. The molecule has 1 saturated heterocycles. The number of urea groups is 1. The first-order valence-corrected chi connectivity index (χ1v) is 10.1. The highest BCUT2D eigenvalue weighted by Crippen LogP contribution is 2.35. The number of nitrogens with zero attached hydrogens (tertiary/aromatic N) is 2. The molecular weight excluding hydrogens is 526 g/mol. The molecule has 1 fully saturated rings. The number of ether oxygens (including phenoxy) is 1. The molecule has 1 heterocycles. The Balaban J connectivity index is 1.99. The van der Waals surface area contributed by atoms with E-state index >= 15 is 0 Å². The second-order valence-electron chi connectivity index (χ2n) is 5.98. The van der Waals surface area contributed by atoms with Gasteiger partial charge < -0.3 is 4.74 Å². The Morgan fingerprint density at radius 1 is 1.13 bits per heavy atom. The number of imide groups is 2. The molecule has 0 radical (unpaired) electrons. The van der Waals surface area contributed by atoms with Crippen LogP contribution in [0.4, 0.5) is 16.2 Å². The molecular formula is C19H13Br2N3O6. The fourth-order valence-corrected chi connectivity index (χ4v) is 4.18. The van der Waals surface area contributed by atoms with E-state index in [2.05, 4.69) is 37.2 Å². The van der Waals surface area contributed by atoms with Crippen LogP contribution in [0.1, 0.15) is 12.5 Å². The monoisotopic (exact) mass is 537 g/mol. The number of nitrogens with one attached hydrogen (secondary N) is 1. The zero-order valence-corrected chi connectivity index (χ0v) is 18.5. The Bertz CT molecular complexity index is 1070. The molecule has 9 nitrogen and oxygen atoms in total. The van der Waals surface area contributed by atoms with Gasteiger partial charge in [-0.3, -0.25) is 25.0 Å². The van der Waals surface area contributed by atoms with Crippen molar-refractivity contribution in [3.8, 4) is 5.75 Å². The molecule has 0 saturated carbocycles. The van der Waals surface area contributed by atoms with E-state index in [1.54, 1.807) is 12.1 Å². The fraction of sp³-hybridized carbons (Fsp3) is 0.105. The van der Waals surface area contributed by atoms with E-state index in [0.29, 0.717) is 26.9 Å². The minimum Gasteiger partial charge on any atom is -0.492 e. The lowest BCUT2D eigenvalue weighted by molar-refractivity contribution is -0.384. The number of nitro groups is 1. The number of halogens is 2. The highest BCUT2D eigenvalue weighted by Gasteiger charge is 2.37. The van der Waals surface area contributed by atoms with Crippen molar-refractivity contribution in [3.63, 3.8) is 0 Å². The van der Waals surface area contributed by atoms with E-state index < -0.39 is 22.8 Å². The lowest BCUT2D eigenvalue weighted by Crippen LogP contribution is -2.54. The third kappa shape index (κ3) is 4.26. The number of amides is 4. The van der Waals surface area contributed by atoms with Crippen LogP contribution in [0.5, 0.6) is 5.75 Å². The van der Waals surface area contributed by atoms with Crippen molar-refractivity contribution in [2.45, 2.75) is 6.92 Å². The quantitative estimate of drug-likeness (QED) is 0.264. The van der Waals surface area contributed by atoms with Gasteiger partial charge in [0.15, 0.2) is 0 Å². The molecule has 0 unspecified atom stereocenters. The number of benzene rings is 2. The zero-order chi connectivity index (χ0) is 22.0. The molecule has 1 aliphatic heterocycles. The average molecular weight is 539 g/mol. The molecule has 0 bridgehead atoms. The van der Waals surface area contributed by atoms with E-state index in [4.69, 9.17) is 4.74 Å². The minimum atomic E-state index is -0.940. The second kappa shape index (κ2) is 8.76. The number of carbonyl (C=O) groups is 3. The summed E-state index contributed by atoms with van der Waals surface area (Å²) < 4.78 is 6.73. The van der Waals surface area contributed by atoms with Crippen molar-refractivity contribution in [1.29, 1.82) is 0 Å². The number of barbiturate groups is 1. The maximum absolute atomic E-state index is 12.9. The van der Waals surface area contributed by atoms with E-state index in [1.165, 1.54) is 18.2 Å². The van der Waals surface area contributed by atoms with Crippen molar-refractivity contribution in [1.82, 2.24) is 5.32 Å². The summed E-state index contributed by atoms with van der Waals surface area (Å²) in [6.07, 6.45) is 1.34. The number of hydrogen-bond acceptors (Lipinski definition) is 6. The summed E-state index contributed by atoms with van der Waals surface area (Å²) in [5.74, 6) is -1.12. The van der Waals surface area contributed by atoms with Gasteiger partial charge in [0.05, 0.1) is 26.2 Å². The molecule has 30 heavy (non-hydrogen) atoms. The Hall–Kier alpha value is -3.05. The average Bonchev–Trinajstić information content (AvgIpc) is 2.68. The smallest absolute Gasteiger partial charge is 0.335 e. The molecule has 0 aromatic heterocycles. The van der Waals surface area contributed by atoms with Gasteiger partial charge in [-0.2, -0.15) is 0 Å². The van der Waals surface area contributed by atoms with Gasteiger partial charge in [0, 0.05) is 12.1 Å². The molecule has 154 valence electrons. The van der Waals surface area contributed by atoms with Crippen molar-refractivity contribution >= 4 is 67.2 Å². The normalized spacial score (nSPS) is 15.4. The van der Waals surface area contributed by atoms with Crippen LogP contribution in [0.25, 0.3) is 6.08 Å². The lowest BCUT2D eigenvalue weighted by Gasteiger charge is -2.26. The van der Waals surface area contributed by atoms with Gasteiger partial charge in [0.2, 0.25) is 0 Å².